The topological polar surface area (TPSA) is 34.4 Å². The number of furan rings is 1. The van der Waals surface area contributed by atoms with Crippen LogP contribution in [0.4, 0.5) is 0 Å². The van der Waals surface area contributed by atoms with Gasteiger partial charge < -0.3 is 14.5 Å². The van der Waals surface area contributed by atoms with Gasteiger partial charge in [0.2, 0.25) is 0 Å². The van der Waals surface area contributed by atoms with Crippen LogP contribution in [-0.2, 0) is 11.3 Å². The summed E-state index contributed by atoms with van der Waals surface area (Å²) in [7, 11) is 1.72. The Balaban J connectivity index is 2.28. The van der Waals surface area contributed by atoms with Crippen molar-refractivity contribution >= 4 is 11.0 Å². The van der Waals surface area contributed by atoms with Gasteiger partial charge in [0.15, 0.2) is 0 Å². The third kappa shape index (κ3) is 2.99. The number of fused-ring (bicyclic) bond motifs is 1. The Kier molecular flexibility index (Phi) is 4.61. The lowest BCUT2D eigenvalue weighted by Gasteiger charge is -2.08. The standard InChI is InChI=1S/C16H23NO2/c1-11(2)14-6-5-12(3)15-13(10-19-16(14)15)9-17-7-8-18-4/h5-6,10-11,17H,7-9H2,1-4H3. The molecule has 0 unspecified atom stereocenters. The second-order valence-corrected chi connectivity index (χ2v) is 5.26. The Morgan fingerprint density at radius 2 is 2.11 bits per heavy atom. The molecular formula is C16H23NO2. The molecule has 1 aromatic carbocycles. The number of benzene rings is 1. The molecular weight excluding hydrogens is 238 g/mol. The van der Waals surface area contributed by atoms with Gasteiger partial charge in [-0.05, 0) is 24.0 Å². The van der Waals surface area contributed by atoms with Crippen LogP contribution in [0.2, 0.25) is 0 Å². The van der Waals surface area contributed by atoms with Gasteiger partial charge in [0.1, 0.15) is 5.58 Å². The molecule has 0 atom stereocenters. The first-order chi connectivity index (χ1) is 9.15. The molecule has 0 fully saturated rings. The van der Waals surface area contributed by atoms with E-state index in [-0.39, 0.29) is 0 Å². The number of rotatable bonds is 6. The normalized spacial score (nSPS) is 11.6. The third-order valence-corrected chi connectivity index (χ3v) is 3.46. The van der Waals surface area contributed by atoms with E-state index in [1.807, 2.05) is 6.26 Å². The summed E-state index contributed by atoms with van der Waals surface area (Å²) in [6, 6.07) is 4.36. The molecule has 1 aromatic heterocycles. The van der Waals surface area contributed by atoms with Crippen molar-refractivity contribution in [2.24, 2.45) is 0 Å². The van der Waals surface area contributed by atoms with Crippen LogP contribution in [0.5, 0.6) is 0 Å². The summed E-state index contributed by atoms with van der Waals surface area (Å²) >= 11 is 0. The van der Waals surface area contributed by atoms with Gasteiger partial charge in [0, 0.05) is 31.1 Å². The van der Waals surface area contributed by atoms with E-state index in [4.69, 9.17) is 9.15 Å². The summed E-state index contributed by atoms with van der Waals surface area (Å²) < 4.78 is 10.8. The summed E-state index contributed by atoms with van der Waals surface area (Å²) in [6.45, 7) is 8.93. The van der Waals surface area contributed by atoms with Gasteiger partial charge in [-0.1, -0.05) is 26.0 Å². The molecule has 0 bridgehead atoms. The van der Waals surface area contributed by atoms with Crippen LogP contribution >= 0.6 is 0 Å². The lowest BCUT2D eigenvalue weighted by atomic mass is 9.97. The maximum atomic E-state index is 5.81. The highest BCUT2D eigenvalue weighted by Gasteiger charge is 2.14. The van der Waals surface area contributed by atoms with Crippen molar-refractivity contribution in [1.82, 2.24) is 5.32 Å². The summed E-state index contributed by atoms with van der Waals surface area (Å²) in [6.07, 6.45) is 1.88. The van der Waals surface area contributed by atoms with Gasteiger partial charge in [-0.15, -0.1) is 0 Å². The Labute approximate surface area is 114 Å². The first-order valence-electron chi connectivity index (χ1n) is 6.84. The number of methoxy groups -OCH3 is 1. The quantitative estimate of drug-likeness (QED) is 0.807. The van der Waals surface area contributed by atoms with Gasteiger partial charge >= 0.3 is 0 Å². The average molecular weight is 261 g/mol. The molecule has 1 N–H and O–H groups in total. The van der Waals surface area contributed by atoms with Crippen LogP contribution in [0.15, 0.2) is 22.8 Å². The zero-order chi connectivity index (χ0) is 13.8. The minimum atomic E-state index is 0.476. The van der Waals surface area contributed by atoms with Crippen molar-refractivity contribution in [2.75, 3.05) is 20.3 Å². The van der Waals surface area contributed by atoms with E-state index in [2.05, 4.69) is 38.2 Å². The molecule has 0 radical (unpaired) electrons. The monoisotopic (exact) mass is 261 g/mol. The first kappa shape index (κ1) is 14.1. The lowest BCUT2D eigenvalue weighted by Crippen LogP contribution is -2.18. The fourth-order valence-electron chi connectivity index (χ4n) is 2.39. The van der Waals surface area contributed by atoms with Crippen molar-refractivity contribution in [3.63, 3.8) is 0 Å². The predicted molar refractivity (Wildman–Crippen MR) is 78.6 cm³/mol. The van der Waals surface area contributed by atoms with Gasteiger partial charge in [-0.25, -0.2) is 0 Å². The number of hydrogen-bond donors (Lipinski definition) is 1. The van der Waals surface area contributed by atoms with Crippen molar-refractivity contribution in [3.8, 4) is 0 Å². The average Bonchev–Trinajstić information content (AvgIpc) is 2.79. The Bertz CT molecular complexity index is 543. The van der Waals surface area contributed by atoms with Gasteiger partial charge in [-0.2, -0.15) is 0 Å². The fourth-order valence-corrected chi connectivity index (χ4v) is 2.39. The maximum absolute atomic E-state index is 5.81. The van der Waals surface area contributed by atoms with E-state index in [1.165, 1.54) is 22.1 Å². The van der Waals surface area contributed by atoms with E-state index < -0.39 is 0 Å². The molecule has 19 heavy (non-hydrogen) atoms. The highest BCUT2D eigenvalue weighted by molar-refractivity contribution is 5.87. The van der Waals surface area contributed by atoms with Crippen molar-refractivity contribution in [2.45, 2.75) is 33.2 Å². The smallest absolute Gasteiger partial charge is 0.137 e. The SMILES string of the molecule is COCCNCc1coc2c(C(C)C)ccc(C)c12. The molecule has 3 nitrogen and oxygen atoms in total. The molecule has 0 aliphatic rings. The van der Waals surface area contributed by atoms with E-state index >= 15 is 0 Å². The molecule has 104 valence electrons. The molecule has 0 spiro atoms. The molecule has 0 saturated carbocycles. The Morgan fingerprint density at radius 1 is 1.32 bits per heavy atom. The Hall–Kier alpha value is -1.32. The number of aryl methyl sites for hydroxylation is 1. The van der Waals surface area contributed by atoms with E-state index in [0.29, 0.717) is 5.92 Å². The molecule has 0 aliphatic carbocycles. The number of ether oxygens (including phenoxy) is 1. The molecule has 0 amide bonds. The van der Waals surface area contributed by atoms with Gasteiger partial charge in [-0.3, -0.25) is 0 Å². The molecule has 3 heteroatoms. The zero-order valence-corrected chi connectivity index (χ0v) is 12.2. The Morgan fingerprint density at radius 3 is 2.79 bits per heavy atom. The van der Waals surface area contributed by atoms with Crippen LogP contribution in [0.1, 0.15) is 36.5 Å². The van der Waals surface area contributed by atoms with Crippen LogP contribution in [0, 0.1) is 6.92 Å². The molecule has 1 heterocycles. The minimum absolute atomic E-state index is 0.476. The summed E-state index contributed by atoms with van der Waals surface area (Å²) in [4.78, 5) is 0. The first-order valence-corrected chi connectivity index (χ1v) is 6.84. The fraction of sp³-hybridized carbons (Fsp3) is 0.500. The molecule has 0 saturated heterocycles. The predicted octanol–water partition coefficient (Wildman–Crippen LogP) is 3.60. The van der Waals surface area contributed by atoms with E-state index in [1.54, 1.807) is 7.11 Å². The zero-order valence-electron chi connectivity index (χ0n) is 12.2. The van der Waals surface area contributed by atoms with Gasteiger partial charge in [0.05, 0.1) is 12.9 Å². The summed E-state index contributed by atoms with van der Waals surface area (Å²) in [5, 5.41) is 4.63. The minimum Gasteiger partial charge on any atom is -0.464 e. The third-order valence-electron chi connectivity index (χ3n) is 3.46. The second kappa shape index (κ2) is 6.22. The number of hydrogen-bond acceptors (Lipinski definition) is 3. The molecule has 2 rings (SSSR count). The van der Waals surface area contributed by atoms with Crippen LogP contribution in [0.25, 0.3) is 11.0 Å². The summed E-state index contributed by atoms with van der Waals surface area (Å²) in [5.74, 6) is 0.476. The van der Waals surface area contributed by atoms with Gasteiger partial charge in [0.25, 0.3) is 0 Å². The van der Waals surface area contributed by atoms with Crippen molar-refractivity contribution in [3.05, 3.63) is 35.1 Å². The van der Waals surface area contributed by atoms with Crippen LogP contribution in [-0.4, -0.2) is 20.3 Å². The highest BCUT2D eigenvalue weighted by atomic mass is 16.5. The lowest BCUT2D eigenvalue weighted by molar-refractivity contribution is 0.199. The highest BCUT2D eigenvalue weighted by Crippen LogP contribution is 2.31. The molecule has 2 aromatic rings. The van der Waals surface area contributed by atoms with Crippen molar-refractivity contribution < 1.29 is 9.15 Å². The van der Waals surface area contributed by atoms with E-state index in [9.17, 15) is 0 Å². The van der Waals surface area contributed by atoms with Crippen molar-refractivity contribution in [1.29, 1.82) is 0 Å². The maximum Gasteiger partial charge on any atom is 0.137 e. The van der Waals surface area contributed by atoms with Crippen LogP contribution < -0.4 is 5.32 Å². The molecule has 0 aliphatic heterocycles. The van der Waals surface area contributed by atoms with E-state index in [0.717, 1.165) is 25.3 Å². The van der Waals surface area contributed by atoms with Crippen LogP contribution in [0.3, 0.4) is 0 Å². The number of nitrogens with one attached hydrogen (secondary N) is 1. The summed E-state index contributed by atoms with van der Waals surface area (Å²) in [5.41, 5.74) is 4.82. The second-order valence-electron chi connectivity index (χ2n) is 5.26. The largest absolute Gasteiger partial charge is 0.464 e.